The van der Waals surface area contributed by atoms with Crippen molar-refractivity contribution in [3.05, 3.63) is 100 Å². The molecule has 1 aliphatic heterocycles. The third-order valence-corrected chi connectivity index (χ3v) is 6.11. The van der Waals surface area contributed by atoms with E-state index >= 15 is 0 Å². The van der Waals surface area contributed by atoms with Crippen molar-refractivity contribution >= 4 is 23.2 Å². The van der Waals surface area contributed by atoms with Crippen molar-refractivity contribution in [2.45, 2.75) is 11.3 Å². The monoisotopic (exact) mass is 474 g/mol. The number of fused-ring (bicyclic) bond motifs is 1. The Hall–Kier alpha value is -4.18. The van der Waals surface area contributed by atoms with Crippen molar-refractivity contribution in [1.29, 1.82) is 0 Å². The summed E-state index contributed by atoms with van der Waals surface area (Å²) in [5, 5.41) is 20.2. The summed E-state index contributed by atoms with van der Waals surface area (Å²) in [5.74, 6) is 1.63. The zero-order valence-corrected chi connectivity index (χ0v) is 18.6. The Morgan fingerprint density at radius 1 is 1.03 bits per heavy atom. The Labute approximate surface area is 198 Å². The molecule has 5 rings (SSSR count). The van der Waals surface area contributed by atoms with E-state index in [0.717, 1.165) is 5.69 Å². The van der Waals surface area contributed by atoms with Crippen molar-refractivity contribution in [1.82, 2.24) is 14.8 Å². The lowest BCUT2D eigenvalue weighted by molar-refractivity contribution is -0.384. The highest BCUT2D eigenvalue weighted by Crippen LogP contribution is 2.37. The van der Waals surface area contributed by atoms with Crippen LogP contribution in [0, 0.1) is 10.1 Å². The van der Waals surface area contributed by atoms with Gasteiger partial charge in [-0.05, 0) is 24.3 Å². The summed E-state index contributed by atoms with van der Waals surface area (Å²) in [6.45, 7) is 0.263. The minimum Gasteiger partial charge on any atom is -0.485 e. The van der Waals surface area contributed by atoms with E-state index in [0.29, 0.717) is 22.5 Å². The number of nitrogens with zero attached hydrogens (tertiary/aromatic N) is 4. The zero-order chi connectivity index (χ0) is 23.5. The average molecular weight is 474 g/mol. The fourth-order valence-electron chi connectivity index (χ4n) is 3.56. The maximum Gasteiger partial charge on any atom is 0.270 e. The van der Waals surface area contributed by atoms with Gasteiger partial charge < -0.3 is 9.47 Å². The molecule has 0 saturated heterocycles. The lowest BCUT2D eigenvalue weighted by Gasteiger charge is -2.26. The topological polar surface area (TPSA) is 109 Å². The number of nitro groups is 1. The minimum absolute atomic E-state index is 0.0387. The van der Waals surface area contributed by atoms with Crippen molar-refractivity contribution in [2.75, 3.05) is 12.4 Å². The van der Waals surface area contributed by atoms with Crippen LogP contribution in [-0.2, 0) is 0 Å². The Morgan fingerprint density at radius 3 is 2.59 bits per heavy atom. The number of ketones is 1. The number of ether oxygens (including phenoxy) is 2. The number of hydrogen-bond acceptors (Lipinski definition) is 8. The van der Waals surface area contributed by atoms with E-state index in [1.807, 2.05) is 59.2 Å². The second-order valence-corrected chi connectivity index (χ2v) is 8.34. The second-order valence-electron chi connectivity index (χ2n) is 7.40. The van der Waals surface area contributed by atoms with Crippen LogP contribution < -0.4 is 9.47 Å². The number of carbonyl (C=O) groups is 1. The highest BCUT2D eigenvalue weighted by atomic mass is 32.2. The van der Waals surface area contributed by atoms with Crippen LogP contribution in [0.25, 0.3) is 5.69 Å². The summed E-state index contributed by atoms with van der Waals surface area (Å²) < 4.78 is 13.8. The molecule has 0 unspecified atom stereocenters. The van der Waals surface area contributed by atoms with E-state index in [1.165, 1.54) is 30.0 Å². The van der Waals surface area contributed by atoms with E-state index in [1.54, 1.807) is 6.07 Å². The molecule has 0 aliphatic carbocycles. The Bertz CT molecular complexity index is 1360. The fourth-order valence-corrected chi connectivity index (χ4v) is 4.41. The molecule has 1 aromatic heterocycles. The molecule has 0 fully saturated rings. The number of non-ortho nitro benzene ring substituents is 1. The largest absolute Gasteiger partial charge is 0.485 e. The Kier molecular flexibility index (Phi) is 5.96. The molecule has 0 N–H and O–H groups in total. The van der Waals surface area contributed by atoms with Gasteiger partial charge in [-0.3, -0.25) is 19.5 Å². The smallest absolute Gasteiger partial charge is 0.270 e. The van der Waals surface area contributed by atoms with Crippen LogP contribution in [0.5, 0.6) is 11.5 Å². The summed E-state index contributed by atoms with van der Waals surface area (Å²) in [6.07, 6.45) is -0.496. The first-order chi connectivity index (χ1) is 16.6. The predicted octanol–water partition coefficient (Wildman–Crippen LogP) is 4.66. The minimum atomic E-state index is -0.521. The molecule has 0 radical (unpaired) electrons. The van der Waals surface area contributed by atoms with Gasteiger partial charge in [-0.2, -0.15) is 0 Å². The molecular formula is C24H18N4O5S. The second kappa shape index (κ2) is 9.36. The molecule has 0 saturated carbocycles. The molecule has 0 bridgehead atoms. The first kappa shape index (κ1) is 21.7. The molecule has 4 aromatic rings. The number of para-hydroxylation sites is 3. The summed E-state index contributed by atoms with van der Waals surface area (Å²) in [6, 6.07) is 22.6. The summed E-state index contributed by atoms with van der Waals surface area (Å²) in [4.78, 5) is 23.3. The molecule has 3 aromatic carbocycles. The van der Waals surface area contributed by atoms with Crippen LogP contribution in [0.15, 0.2) is 84.0 Å². The SMILES string of the molecule is O=C(CSc1nnc([C@@H]2COc3ccccc3O2)n1-c1ccccc1)c1cccc([N+](=O)[O-])c1. The molecule has 34 heavy (non-hydrogen) atoms. The Balaban J connectivity index is 1.42. The normalized spacial score (nSPS) is 14.5. The number of rotatable bonds is 7. The van der Waals surface area contributed by atoms with Gasteiger partial charge in [-0.1, -0.05) is 54.2 Å². The molecule has 1 atom stereocenters. The van der Waals surface area contributed by atoms with E-state index in [-0.39, 0.29) is 29.4 Å². The predicted molar refractivity (Wildman–Crippen MR) is 125 cm³/mol. The van der Waals surface area contributed by atoms with Crippen LogP contribution in [0.2, 0.25) is 0 Å². The van der Waals surface area contributed by atoms with E-state index in [9.17, 15) is 14.9 Å². The lowest BCUT2D eigenvalue weighted by Crippen LogP contribution is -2.24. The van der Waals surface area contributed by atoms with Crippen molar-refractivity contribution in [3.8, 4) is 17.2 Å². The third kappa shape index (κ3) is 4.35. The summed E-state index contributed by atoms with van der Waals surface area (Å²) >= 11 is 1.20. The van der Waals surface area contributed by atoms with Crippen molar-refractivity contribution < 1.29 is 19.2 Å². The van der Waals surface area contributed by atoms with Gasteiger partial charge in [0.15, 0.2) is 34.4 Å². The molecule has 170 valence electrons. The molecule has 0 spiro atoms. The van der Waals surface area contributed by atoms with Gasteiger partial charge >= 0.3 is 0 Å². The van der Waals surface area contributed by atoms with Gasteiger partial charge in [0.25, 0.3) is 5.69 Å². The maximum absolute atomic E-state index is 12.7. The highest BCUT2D eigenvalue weighted by molar-refractivity contribution is 7.99. The lowest BCUT2D eigenvalue weighted by atomic mass is 10.1. The number of carbonyl (C=O) groups excluding carboxylic acids is 1. The van der Waals surface area contributed by atoms with Crippen LogP contribution in [0.3, 0.4) is 0 Å². The molecule has 0 amide bonds. The van der Waals surface area contributed by atoms with Crippen LogP contribution in [0.1, 0.15) is 22.3 Å². The van der Waals surface area contributed by atoms with Gasteiger partial charge in [0.1, 0.15) is 6.61 Å². The number of aromatic nitrogens is 3. The molecule has 2 heterocycles. The highest BCUT2D eigenvalue weighted by Gasteiger charge is 2.29. The van der Waals surface area contributed by atoms with E-state index < -0.39 is 11.0 Å². The molecule has 10 heteroatoms. The number of hydrogen-bond donors (Lipinski definition) is 0. The van der Waals surface area contributed by atoms with Gasteiger partial charge in [0, 0.05) is 23.4 Å². The number of Topliss-reactive ketones (excluding diaryl/α,β-unsaturated/α-hetero) is 1. The molecular weight excluding hydrogens is 456 g/mol. The van der Waals surface area contributed by atoms with E-state index in [2.05, 4.69) is 10.2 Å². The van der Waals surface area contributed by atoms with Gasteiger partial charge in [0.05, 0.1) is 10.7 Å². The van der Waals surface area contributed by atoms with Crippen LogP contribution in [-0.4, -0.2) is 37.8 Å². The Morgan fingerprint density at radius 2 is 1.79 bits per heavy atom. The van der Waals surface area contributed by atoms with Gasteiger partial charge in [-0.15, -0.1) is 10.2 Å². The quantitative estimate of drug-likeness (QED) is 0.165. The fraction of sp³-hybridized carbons (Fsp3) is 0.125. The summed E-state index contributed by atoms with van der Waals surface area (Å²) in [7, 11) is 0. The number of thioether (sulfide) groups is 1. The number of benzene rings is 3. The van der Waals surface area contributed by atoms with Crippen molar-refractivity contribution in [3.63, 3.8) is 0 Å². The van der Waals surface area contributed by atoms with Crippen LogP contribution in [0.4, 0.5) is 5.69 Å². The number of nitro benzene ring substituents is 1. The van der Waals surface area contributed by atoms with E-state index in [4.69, 9.17) is 9.47 Å². The summed E-state index contributed by atoms with van der Waals surface area (Å²) in [5.41, 5.74) is 0.962. The average Bonchev–Trinajstić information content (AvgIpc) is 3.31. The third-order valence-electron chi connectivity index (χ3n) is 5.18. The molecule has 1 aliphatic rings. The standard InChI is InChI=1S/C24H18N4O5S/c29-19(16-7-6-10-18(13-16)28(30)31)15-34-24-26-25-23(27(24)17-8-2-1-3-9-17)22-14-32-20-11-4-5-12-21(20)33-22/h1-13,22H,14-15H2/t22-/m0/s1. The van der Waals surface area contributed by atoms with Gasteiger partial charge in [-0.25, -0.2) is 0 Å². The van der Waals surface area contributed by atoms with Crippen molar-refractivity contribution in [2.24, 2.45) is 0 Å². The maximum atomic E-state index is 12.7. The zero-order valence-electron chi connectivity index (χ0n) is 17.7. The molecule has 9 nitrogen and oxygen atoms in total. The van der Waals surface area contributed by atoms with Crippen LogP contribution >= 0.6 is 11.8 Å². The first-order valence-electron chi connectivity index (χ1n) is 10.4. The first-order valence-corrected chi connectivity index (χ1v) is 11.4. The van der Waals surface area contributed by atoms with Gasteiger partial charge in [0.2, 0.25) is 0 Å².